The van der Waals surface area contributed by atoms with Gasteiger partial charge in [0.05, 0.1) is 21.6 Å². The highest BCUT2D eigenvalue weighted by Gasteiger charge is 2.41. The predicted octanol–water partition coefficient (Wildman–Crippen LogP) is 6.21. The van der Waals surface area contributed by atoms with E-state index >= 15 is 0 Å². The van der Waals surface area contributed by atoms with Crippen LogP contribution >= 0.6 is 46.6 Å². The van der Waals surface area contributed by atoms with Gasteiger partial charge in [-0.2, -0.15) is 0 Å². The van der Waals surface area contributed by atoms with Gasteiger partial charge in [-0.1, -0.05) is 53.0 Å². The molecule has 0 saturated carbocycles. The fourth-order valence-corrected chi connectivity index (χ4v) is 4.61. The molecule has 6 nitrogen and oxygen atoms in total. The summed E-state index contributed by atoms with van der Waals surface area (Å²) in [5.41, 5.74) is 1.27. The summed E-state index contributed by atoms with van der Waals surface area (Å²) in [4.78, 5) is 38.0. The molecule has 32 heavy (non-hydrogen) atoms. The Labute approximate surface area is 204 Å². The molecule has 1 saturated heterocycles. The molecule has 1 fully saturated rings. The summed E-state index contributed by atoms with van der Waals surface area (Å²) in [5.74, 6) is -0.969. The second-order valence-electron chi connectivity index (χ2n) is 6.67. The summed E-state index contributed by atoms with van der Waals surface area (Å²) in [6, 6.07) is 9.34. The Morgan fingerprint density at radius 1 is 1.12 bits per heavy atom. The van der Waals surface area contributed by atoms with E-state index in [-0.39, 0.29) is 33.9 Å². The van der Waals surface area contributed by atoms with Crippen molar-refractivity contribution in [2.24, 2.45) is 0 Å². The summed E-state index contributed by atoms with van der Waals surface area (Å²) >= 11 is 19.6. The number of nitrogens with zero attached hydrogens (tertiary/aromatic N) is 1. The lowest BCUT2D eigenvalue weighted by Gasteiger charge is -2.19. The molecule has 1 heterocycles. The number of hydrogen-bond donors (Lipinski definition) is 0. The van der Waals surface area contributed by atoms with Gasteiger partial charge in [-0.15, -0.1) is 0 Å². The maximum atomic E-state index is 12.7. The molecule has 168 valence electrons. The third kappa shape index (κ3) is 5.41. The van der Waals surface area contributed by atoms with E-state index in [2.05, 4.69) is 0 Å². The highest BCUT2D eigenvalue weighted by Crippen LogP contribution is 2.38. The Kier molecular flexibility index (Phi) is 8.11. The van der Waals surface area contributed by atoms with Gasteiger partial charge in [-0.25, -0.2) is 4.79 Å². The van der Waals surface area contributed by atoms with Gasteiger partial charge >= 0.3 is 5.97 Å². The van der Waals surface area contributed by atoms with Crippen LogP contribution in [0.5, 0.6) is 5.75 Å². The lowest BCUT2D eigenvalue weighted by atomic mass is 10.2. The summed E-state index contributed by atoms with van der Waals surface area (Å²) in [6.07, 6.45) is 1.48. The lowest BCUT2D eigenvalue weighted by Crippen LogP contribution is -2.42. The van der Waals surface area contributed by atoms with E-state index in [1.54, 1.807) is 25.1 Å². The standard InChI is InChI=1S/C22H18Cl3NO5S/c1-3-30-21(28)12(2)26-20(27)18(32-22(26)29)10-13-8-16(24)19(17(25)9-13)31-11-14-6-4-5-7-15(14)23/h4-10,12H,3,11H2,1-2H3/b18-10+/t12-/m1/s1. The topological polar surface area (TPSA) is 72.9 Å². The predicted molar refractivity (Wildman–Crippen MR) is 126 cm³/mol. The number of thioether (sulfide) groups is 1. The van der Waals surface area contributed by atoms with Crippen molar-refractivity contribution in [1.29, 1.82) is 0 Å². The van der Waals surface area contributed by atoms with Gasteiger partial charge in [-0.3, -0.25) is 14.5 Å². The number of halogens is 3. The second kappa shape index (κ2) is 10.6. The molecule has 3 rings (SSSR count). The van der Waals surface area contributed by atoms with Crippen LogP contribution in [0.25, 0.3) is 6.08 Å². The lowest BCUT2D eigenvalue weighted by molar-refractivity contribution is -0.150. The number of ether oxygens (including phenoxy) is 2. The van der Waals surface area contributed by atoms with E-state index in [0.717, 1.165) is 22.2 Å². The van der Waals surface area contributed by atoms with Crippen molar-refractivity contribution in [2.75, 3.05) is 6.61 Å². The zero-order chi connectivity index (χ0) is 23.4. The molecule has 0 aliphatic carbocycles. The van der Waals surface area contributed by atoms with E-state index in [9.17, 15) is 14.4 Å². The summed E-state index contributed by atoms with van der Waals surface area (Å²) in [7, 11) is 0. The largest absolute Gasteiger partial charge is 0.486 e. The maximum Gasteiger partial charge on any atom is 0.329 e. The first-order chi connectivity index (χ1) is 15.2. The van der Waals surface area contributed by atoms with Gasteiger partial charge in [-0.05, 0) is 55.4 Å². The number of imide groups is 1. The third-order valence-corrected chi connectivity index (χ3v) is 6.30. The molecule has 10 heteroatoms. The van der Waals surface area contributed by atoms with Gasteiger partial charge in [0.2, 0.25) is 0 Å². The third-order valence-electron chi connectivity index (χ3n) is 4.49. The normalized spacial score (nSPS) is 15.9. The number of carbonyl (C=O) groups is 3. The first kappa shape index (κ1) is 24.5. The Bertz CT molecular complexity index is 1080. The second-order valence-corrected chi connectivity index (χ2v) is 8.89. The van der Waals surface area contributed by atoms with Crippen LogP contribution in [-0.2, 0) is 20.9 Å². The molecule has 2 amide bonds. The summed E-state index contributed by atoms with van der Waals surface area (Å²) in [6.45, 7) is 3.41. The van der Waals surface area contributed by atoms with E-state index in [4.69, 9.17) is 44.3 Å². The Hall–Kier alpha value is -2.19. The molecule has 2 aromatic rings. The van der Waals surface area contributed by atoms with Crippen molar-refractivity contribution in [3.05, 3.63) is 67.5 Å². The minimum absolute atomic E-state index is 0.142. The van der Waals surface area contributed by atoms with E-state index < -0.39 is 23.2 Å². The van der Waals surface area contributed by atoms with Crippen LogP contribution in [0.2, 0.25) is 15.1 Å². The van der Waals surface area contributed by atoms with Crippen molar-refractivity contribution in [3.63, 3.8) is 0 Å². The number of rotatable bonds is 7. The summed E-state index contributed by atoms with van der Waals surface area (Å²) < 4.78 is 10.6. The number of amides is 2. The molecule has 0 spiro atoms. The number of carbonyl (C=O) groups excluding carboxylic acids is 3. The van der Waals surface area contributed by atoms with Crippen molar-refractivity contribution >= 4 is 69.8 Å². The van der Waals surface area contributed by atoms with Crippen molar-refractivity contribution in [1.82, 2.24) is 4.90 Å². The van der Waals surface area contributed by atoms with Gasteiger partial charge in [0, 0.05) is 10.6 Å². The average Bonchev–Trinajstić information content (AvgIpc) is 3.01. The molecule has 1 aliphatic rings. The molecule has 0 N–H and O–H groups in total. The Balaban J connectivity index is 1.79. The van der Waals surface area contributed by atoms with Gasteiger partial charge in [0.25, 0.3) is 11.1 Å². The van der Waals surface area contributed by atoms with Crippen LogP contribution in [0.4, 0.5) is 4.79 Å². The van der Waals surface area contributed by atoms with Crippen LogP contribution < -0.4 is 4.74 Å². The molecular formula is C22H18Cl3NO5S. The van der Waals surface area contributed by atoms with Crippen LogP contribution in [0, 0.1) is 0 Å². The average molecular weight is 515 g/mol. The van der Waals surface area contributed by atoms with E-state index in [0.29, 0.717) is 10.6 Å². The fourth-order valence-electron chi connectivity index (χ4n) is 2.90. The minimum atomic E-state index is -1.03. The highest BCUT2D eigenvalue weighted by atomic mass is 35.5. The zero-order valence-electron chi connectivity index (χ0n) is 17.1. The molecule has 0 radical (unpaired) electrons. The zero-order valence-corrected chi connectivity index (χ0v) is 20.1. The minimum Gasteiger partial charge on any atom is -0.486 e. The molecule has 0 unspecified atom stereocenters. The maximum absolute atomic E-state index is 12.7. The highest BCUT2D eigenvalue weighted by molar-refractivity contribution is 8.18. The SMILES string of the molecule is CCOC(=O)[C@@H](C)N1C(=O)S/C(=C/c2cc(Cl)c(OCc3ccccc3Cl)c(Cl)c2)C1=O. The van der Waals surface area contributed by atoms with Crippen LogP contribution in [0.15, 0.2) is 41.3 Å². The van der Waals surface area contributed by atoms with E-state index in [1.807, 2.05) is 18.2 Å². The molecule has 1 atom stereocenters. The van der Waals surface area contributed by atoms with Gasteiger partial charge < -0.3 is 9.47 Å². The molecule has 0 bridgehead atoms. The van der Waals surface area contributed by atoms with Crippen molar-refractivity contribution in [2.45, 2.75) is 26.5 Å². The molecular weight excluding hydrogens is 497 g/mol. The van der Waals surface area contributed by atoms with Crippen molar-refractivity contribution < 1.29 is 23.9 Å². The van der Waals surface area contributed by atoms with Crippen LogP contribution in [0.1, 0.15) is 25.0 Å². The first-order valence-electron chi connectivity index (χ1n) is 9.51. The van der Waals surface area contributed by atoms with Crippen LogP contribution in [0.3, 0.4) is 0 Å². The monoisotopic (exact) mass is 513 g/mol. The smallest absolute Gasteiger partial charge is 0.329 e. The number of hydrogen-bond acceptors (Lipinski definition) is 6. The van der Waals surface area contributed by atoms with Gasteiger partial charge in [0.1, 0.15) is 12.6 Å². The van der Waals surface area contributed by atoms with Gasteiger partial charge in [0.15, 0.2) is 5.75 Å². The Morgan fingerprint density at radius 3 is 2.41 bits per heavy atom. The van der Waals surface area contributed by atoms with Crippen molar-refractivity contribution in [3.8, 4) is 5.75 Å². The fraction of sp³-hybridized carbons (Fsp3) is 0.227. The first-order valence-corrected chi connectivity index (χ1v) is 11.5. The molecule has 2 aromatic carbocycles. The molecule has 0 aromatic heterocycles. The van der Waals surface area contributed by atoms with Crippen LogP contribution in [-0.4, -0.2) is 34.7 Å². The number of esters is 1. The number of benzene rings is 2. The summed E-state index contributed by atoms with van der Waals surface area (Å²) in [5, 5.41) is 0.465. The quantitative estimate of drug-likeness (QED) is 0.323. The Morgan fingerprint density at radius 2 is 1.78 bits per heavy atom. The molecule has 1 aliphatic heterocycles. The van der Waals surface area contributed by atoms with E-state index in [1.165, 1.54) is 13.0 Å².